The van der Waals surface area contributed by atoms with Crippen LogP contribution in [0.1, 0.15) is 36.1 Å². The quantitative estimate of drug-likeness (QED) is 0.616. The summed E-state index contributed by atoms with van der Waals surface area (Å²) in [6.07, 6.45) is -0.224. The highest BCUT2D eigenvalue weighted by atomic mass is 16.7. The van der Waals surface area contributed by atoms with Gasteiger partial charge in [0.2, 0.25) is 12.7 Å². The van der Waals surface area contributed by atoms with Gasteiger partial charge in [-0.15, -0.1) is 0 Å². The maximum absolute atomic E-state index is 12.4. The van der Waals surface area contributed by atoms with E-state index in [1.165, 1.54) is 0 Å². The molecule has 0 spiro atoms. The zero-order chi connectivity index (χ0) is 18.7. The number of benzene rings is 1. The van der Waals surface area contributed by atoms with Crippen LogP contribution >= 0.6 is 0 Å². The number of hydrogen-bond donors (Lipinski definition) is 3. The number of hydrogen-bond acceptors (Lipinski definition) is 6. The van der Waals surface area contributed by atoms with E-state index in [9.17, 15) is 14.4 Å². The number of aromatic nitrogens is 2. The largest absolute Gasteiger partial charge is 0.466 e. The minimum atomic E-state index is -0.638. The number of esters is 1. The number of fused-ring (bicyclic) bond motifs is 1. The Morgan fingerprint density at radius 1 is 1.27 bits per heavy atom. The zero-order valence-corrected chi connectivity index (χ0v) is 14.2. The molecule has 3 rings (SSSR count). The van der Waals surface area contributed by atoms with Crippen LogP contribution in [0.3, 0.4) is 0 Å². The van der Waals surface area contributed by atoms with Crippen LogP contribution in [0.15, 0.2) is 23.0 Å². The van der Waals surface area contributed by atoms with E-state index < -0.39 is 23.4 Å². The minimum Gasteiger partial charge on any atom is -0.466 e. The van der Waals surface area contributed by atoms with Crippen molar-refractivity contribution in [1.82, 2.24) is 10.2 Å². The topological polar surface area (TPSA) is 136 Å². The fourth-order valence-corrected chi connectivity index (χ4v) is 2.99. The third-order valence-electron chi connectivity index (χ3n) is 4.08. The maximum atomic E-state index is 12.4. The van der Waals surface area contributed by atoms with Crippen molar-refractivity contribution in [3.63, 3.8) is 0 Å². The first-order chi connectivity index (χ1) is 12.5. The summed E-state index contributed by atoms with van der Waals surface area (Å²) in [5, 5.41) is 5.16. The van der Waals surface area contributed by atoms with Gasteiger partial charge in [0.25, 0.3) is 5.56 Å². The predicted octanol–water partition coefficient (Wildman–Crippen LogP) is 0.545. The first-order valence-corrected chi connectivity index (χ1v) is 8.12. The highest BCUT2D eigenvalue weighted by molar-refractivity contribution is 5.76. The second-order valence-electron chi connectivity index (χ2n) is 5.79. The summed E-state index contributed by atoms with van der Waals surface area (Å²) in [5.74, 6) is -0.582. The first kappa shape index (κ1) is 17.6. The van der Waals surface area contributed by atoms with Gasteiger partial charge in [-0.05, 0) is 24.6 Å². The lowest BCUT2D eigenvalue weighted by atomic mass is 9.87. The van der Waals surface area contributed by atoms with E-state index in [0.29, 0.717) is 22.8 Å². The molecule has 9 heteroatoms. The van der Waals surface area contributed by atoms with Gasteiger partial charge in [-0.1, -0.05) is 6.07 Å². The van der Waals surface area contributed by atoms with Crippen LogP contribution in [-0.4, -0.2) is 35.5 Å². The number of H-pyrrole nitrogens is 2. The Labute approximate surface area is 148 Å². The summed E-state index contributed by atoms with van der Waals surface area (Å²) in [6, 6.07) is 5.15. The third-order valence-corrected chi connectivity index (χ3v) is 4.08. The maximum Gasteiger partial charge on any atom is 0.311 e. The van der Waals surface area contributed by atoms with Crippen molar-refractivity contribution in [2.24, 2.45) is 5.73 Å². The molecule has 4 N–H and O–H groups in total. The number of carbonyl (C=O) groups is 2. The summed E-state index contributed by atoms with van der Waals surface area (Å²) < 4.78 is 15.6. The lowest BCUT2D eigenvalue weighted by Crippen LogP contribution is -2.21. The molecule has 0 radical (unpaired) electrons. The monoisotopic (exact) mass is 361 g/mol. The number of nitrogens with one attached hydrogen (secondary N) is 2. The minimum absolute atomic E-state index is 0.101. The SMILES string of the molecule is CCOC(=O)Cc1[nH][nH]c(=O)c1[C@H](CC(N)=O)c1ccc2c(c1)OCO2. The second kappa shape index (κ2) is 7.34. The van der Waals surface area contributed by atoms with E-state index in [-0.39, 0.29) is 31.8 Å². The molecule has 26 heavy (non-hydrogen) atoms. The summed E-state index contributed by atoms with van der Waals surface area (Å²) in [4.78, 5) is 35.8. The number of primary amides is 1. The Kier molecular flexibility index (Phi) is 4.97. The number of amides is 1. The number of nitrogens with two attached hydrogens (primary N) is 1. The molecule has 1 atom stereocenters. The molecule has 9 nitrogen and oxygen atoms in total. The van der Waals surface area contributed by atoms with Crippen molar-refractivity contribution in [3.05, 3.63) is 45.4 Å². The standard InChI is InChI=1S/C17H19N3O6/c1-2-24-15(22)7-11-16(17(23)20-19-11)10(6-14(18)21)9-3-4-12-13(5-9)26-8-25-12/h3-5,10H,2,6-8H2,1H3,(H2,18,21)(H2,19,20,23)/t10-/m1/s1. The van der Waals surface area contributed by atoms with Gasteiger partial charge in [0, 0.05) is 17.9 Å². The summed E-state index contributed by atoms with van der Waals surface area (Å²) in [6.45, 7) is 2.04. The van der Waals surface area contributed by atoms with E-state index >= 15 is 0 Å². The average molecular weight is 361 g/mol. The number of rotatable bonds is 7. The van der Waals surface area contributed by atoms with Gasteiger partial charge in [-0.25, -0.2) is 0 Å². The fourth-order valence-electron chi connectivity index (χ4n) is 2.99. The van der Waals surface area contributed by atoms with E-state index in [1.807, 2.05) is 0 Å². The van der Waals surface area contributed by atoms with Crippen molar-refractivity contribution in [2.75, 3.05) is 13.4 Å². The molecule has 0 bridgehead atoms. The van der Waals surface area contributed by atoms with Crippen LogP contribution in [0.25, 0.3) is 0 Å². The van der Waals surface area contributed by atoms with Crippen molar-refractivity contribution in [2.45, 2.75) is 25.7 Å². The van der Waals surface area contributed by atoms with E-state index in [2.05, 4.69) is 10.2 Å². The summed E-state index contributed by atoms with van der Waals surface area (Å²) in [7, 11) is 0. The van der Waals surface area contributed by atoms with E-state index in [4.69, 9.17) is 19.9 Å². The molecule has 0 saturated carbocycles. The highest BCUT2D eigenvalue weighted by Crippen LogP contribution is 2.37. The van der Waals surface area contributed by atoms with E-state index in [1.54, 1.807) is 25.1 Å². The molecule has 2 heterocycles. The second-order valence-corrected chi connectivity index (χ2v) is 5.79. The smallest absolute Gasteiger partial charge is 0.311 e. The molecule has 0 saturated heterocycles. The zero-order valence-electron chi connectivity index (χ0n) is 14.2. The van der Waals surface area contributed by atoms with Crippen molar-refractivity contribution in [3.8, 4) is 11.5 Å². The van der Waals surface area contributed by atoms with Gasteiger partial charge in [0.15, 0.2) is 11.5 Å². The summed E-state index contributed by atoms with van der Waals surface area (Å²) >= 11 is 0. The van der Waals surface area contributed by atoms with Gasteiger partial charge in [0.1, 0.15) is 0 Å². The van der Waals surface area contributed by atoms with Gasteiger partial charge in [-0.2, -0.15) is 0 Å². The van der Waals surface area contributed by atoms with Crippen LogP contribution in [0.4, 0.5) is 0 Å². The normalized spacial score (nSPS) is 13.4. The average Bonchev–Trinajstić information content (AvgIpc) is 3.19. The molecule has 138 valence electrons. The fraction of sp³-hybridized carbons (Fsp3) is 0.353. The highest BCUT2D eigenvalue weighted by Gasteiger charge is 2.27. The Bertz CT molecular complexity index is 885. The Morgan fingerprint density at radius 2 is 2.04 bits per heavy atom. The molecular formula is C17H19N3O6. The van der Waals surface area contributed by atoms with Crippen LogP contribution in [-0.2, 0) is 20.7 Å². The Balaban J connectivity index is 2.01. The number of ether oxygens (including phenoxy) is 3. The molecule has 0 unspecified atom stereocenters. The van der Waals surface area contributed by atoms with Gasteiger partial charge < -0.3 is 25.0 Å². The van der Waals surface area contributed by atoms with Crippen LogP contribution in [0.2, 0.25) is 0 Å². The molecule has 0 aliphatic carbocycles. The predicted molar refractivity (Wildman–Crippen MR) is 90.0 cm³/mol. The van der Waals surface area contributed by atoms with Gasteiger partial charge in [-0.3, -0.25) is 19.5 Å². The number of aromatic amines is 2. The molecular weight excluding hydrogens is 342 g/mol. The molecule has 1 aromatic heterocycles. The van der Waals surface area contributed by atoms with Crippen molar-refractivity contribution >= 4 is 11.9 Å². The van der Waals surface area contributed by atoms with Crippen LogP contribution in [0.5, 0.6) is 11.5 Å². The summed E-state index contributed by atoms with van der Waals surface area (Å²) in [5.41, 5.74) is 6.26. The lowest BCUT2D eigenvalue weighted by molar-refractivity contribution is -0.142. The first-order valence-electron chi connectivity index (χ1n) is 8.12. The van der Waals surface area contributed by atoms with E-state index in [0.717, 1.165) is 0 Å². The Morgan fingerprint density at radius 3 is 2.77 bits per heavy atom. The molecule has 2 aromatic rings. The molecule has 1 aromatic carbocycles. The van der Waals surface area contributed by atoms with Crippen molar-refractivity contribution in [1.29, 1.82) is 0 Å². The molecule has 1 aliphatic heterocycles. The number of carbonyl (C=O) groups excluding carboxylic acids is 2. The lowest BCUT2D eigenvalue weighted by Gasteiger charge is -2.16. The molecule has 1 aliphatic rings. The van der Waals surface area contributed by atoms with Crippen molar-refractivity contribution < 1.29 is 23.8 Å². The van der Waals surface area contributed by atoms with Crippen LogP contribution < -0.4 is 20.8 Å². The van der Waals surface area contributed by atoms with Gasteiger partial charge >= 0.3 is 5.97 Å². The molecule has 0 fully saturated rings. The molecule has 1 amide bonds. The van der Waals surface area contributed by atoms with Crippen LogP contribution in [0, 0.1) is 0 Å². The third kappa shape index (κ3) is 3.56. The van der Waals surface area contributed by atoms with Gasteiger partial charge in [0.05, 0.1) is 18.7 Å². The Hall–Kier alpha value is -3.23.